The monoisotopic (exact) mass is 155 g/mol. The van der Waals surface area contributed by atoms with Crippen LogP contribution in [-0.2, 0) is 0 Å². The molecule has 0 spiro atoms. The molecule has 0 saturated carbocycles. The first-order valence-electron chi connectivity index (χ1n) is 4.15. The fourth-order valence-corrected chi connectivity index (χ4v) is 1.48. The van der Waals surface area contributed by atoms with E-state index in [1.54, 1.807) is 0 Å². The van der Waals surface area contributed by atoms with Crippen LogP contribution in [-0.4, -0.2) is 0 Å². The molecular formula is C12H11. The highest BCUT2D eigenvalue weighted by Gasteiger charge is 2.04. The van der Waals surface area contributed by atoms with Crippen molar-refractivity contribution in [2.24, 2.45) is 0 Å². The average molecular weight is 155 g/mol. The molecule has 1 radical (unpaired) electrons. The maximum atomic E-state index is 4.00. The van der Waals surface area contributed by atoms with Gasteiger partial charge in [-0.25, -0.2) is 0 Å². The highest BCUT2D eigenvalue weighted by molar-refractivity contribution is 5.73. The van der Waals surface area contributed by atoms with Gasteiger partial charge in [-0.15, -0.1) is 0 Å². The quantitative estimate of drug-likeness (QED) is 0.584. The summed E-state index contributed by atoms with van der Waals surface area (Å²) >= 11 is 0. The Morgan fingerprint density at radius 3 is 2.67 bits per heavy atom. The summed E-state index contributed by atoms with van der Waals surface area (Å²) in [5, 5.41) is 0. The number of allylic oxidation sites excluding steroid dienone is 4. The minimum absolute atomic E-state index is 1.05. The van der Waals surface area contributed by atoms with Crippen molar-refractivity contribution in [2.45, 2.75) is 6.42 Å². The molecular weight excluding hydrogens is 144 g/mol. The zero-order valence-electron chi connectivity index (χ0n) is 6.96. The van der Waals surface area contributed by atoms with Gasteiger partial charge in [0.1, 0.15) is 0 Å². The van der Waals surface area contributed by atoms with Crippen LogP contribution in [0.2, 0.25) is 0 Å². The summed E-state index contributed by atoms with van der Waals surface area (Å²) in [5.41, 5.74) is 3.77. The molecule has 0 bridgehead atoms. The van der Waals surface area contributed by atoms with Gasteiger partial charge < -0.3 is 0 Å². The standard InChI is InChI=1S/C12H11/c1-10-6-2-5-9-12(10)11-7-3-4-8-11/h2-7,9H,1,8H2. The van der Waals surface area contributed by atoms with Crippen molar-refractivity contribution in [3.8, 4) is 0 Å². The molecule has 1 aromatic rings. The van der Waals surface area contributed by atoms with Gasteiger partial charge in [0.2, 0.25) is 0 Å². The Balaban J connectivity index is 2.40. The average Bonchev–Trinajstić information content (AvgIpc) is 2.57. The summed E-state index contributed by atoms with van der Waals surface area (Å²) < 4.78 is 0. The van der Waals surface area contributed by atoms with E-state index in [0.717, 1.165) is 12.0 Å². The molecule has 0 fully saturated rings. The molecule has 12 heavy (non-hydrogen) atoms. The Bertz CT molecular complexity index is 343. The van der Waals surface area contributed by atoms with Crippen molar-refractivity contribution in [1.29, 1.82) is 0 Å². The summed E-state index contributed by atoms with van der Waals surface area (Å²) in [6.07, 6.45) is 7.47. The molecule has 0 aliphatic heterocycles. The molecule has 0 saturated heterocycles. The van der Waals surface area contributed by atoms with E-state index in [9.17, 15) is 0 Å². The summed E-state index contributed by atoms with van der Waals surface area (Å²) in [5.74, 6) is 0. The first-order chi connectivity index (χ1) is 5.88. The van der Waals surface area contributed by atoms with Gasteiger partial charge in [-0.05, 0) is 30.0 Å². The van der Waals surface area contributed by atoms with E-state index < -0.39 is 0 Å². The van der Waals surface area contributed by atoms with Gasteiger partial charge in [0, 0.05) is 0 Å². The second kappa shape index (κ2) is 2.98. The molecule has 0 heteroatoms. The molecule has 1 aliphatic carbocycles. The third-order valence-electron chi connectivity index (χ3n) is 2.13. The molecule has 2 rings (SSSR count). The molecule has 0 atom stereocenters. The maximum Gasteiger partial charge on any atom is -0.00883 e. The van der Waals surface area contributed by atoms with Crippen molar-refractivity contribution in [1.82, 2.24) is 0 Å². The molecule has 1 aromatic carbocycles. The lowest BCUT2D eigenvalue weighted by atomic mass is 10.0. The van der Waals surface area contributed by atoms with Gasteiger partial charge in [0.05, 0.1) is 0 Å². The Labute approximate surface area is 73.2 Å². The maximum absolute atomic E-state index is 4.00. The molecule has 0 nitrogen and oxygen atoms in total. The smallest absolute Gasteiger partial charge is 0.00883 e. The topological polar surface area (TPSA) is 0 Å². The summed E-state index contributed by atoms with van der Waals surface area (Å²) in [6.45, 7) is 4.00. The van der Waals surface area contributed by atoms with Crippen molar-refractivity contribution in [3.63, 3.8) is 0 Å². The SMILES string of the molecule is [CH2]c1ccccc1C1=CC=CC1. The number of rotatable bonds is 1. The molecule has 0 unspecified atom stereocenters. The van der Waals surface area contributed by atoms with Crippen LogP contribution < -0.4 is 0 Å². The van der Waals surface area contributed by atoms with Gasteiger partial charge >= 0.3 is 0 Å². The molecule has 0 heterocycles. The van der Waals surface area contributed by atoms with E-state index in [2.05, 4.69) is 43.4 Å². The Morgan fingerprint density at radius 2 is 2.00 bits per heavy atom. The Morgan fingerprint density at radius 1 is 1.17 bits per heavy atom. The van der Waals surface area contributed by atoms with Crippen LogP contribution in [0.25, 0.3) is 5.57 Å². The third-order valence-corrected chi connectivity index (χ3v) is 2.13. The lowest BCUT2D eigenvalue weighted by molar-refractivity contribution is 1.41. The first-order valence-corrected chi connectivity index (χ1v) is 4.15. The van der Waals surface area contributed by atoms with E-state index in [0.29, 0.717) is 0 Å². The van der Waals surface area contributed by atoms with Crippen LogP contribution in [0, 0.1) is 6.92 Å². The van der Waals surface area contributed by atoms with Crippen LogP contribution in [0.15, 0.2) is 42.5 Å². The highest BCUT2D eigenvalue weighted by Crippen LogP contribution is 2.25. The van der Waals surface area contributed by atoms with Gasteiger partial charge in [0.25, 0.3) is 0 Å². The van der Waals surface area contributed by atoms with Crippen molar-refractivity contribution in [2.75, 3.05) is 0 Å². The van der Waals surface area contributed by atoms with Gasteiger partial charge in [-0.3, -0.25) is 0 Å². The summed E-state index contributed by atoms with van der Waals surface area (Å²) in [7, 11) is 0. The van der Waals surface area contributed by atoms with Crippen LogP contribution in [0.1, 0.15) is 17.5 Å². The Kier molecular flexibility index (Phi) is 1.83. The van der Waals surface area contributed by atoms with Gasteiger partial charge in [-0.2, -0.15) is 0 Å². The Hall–Kier alpha value is -1.30. The predicted octanol–water partition coefficient (Wildman–Crippen LogP) is 3.21. The first kappa shape index (κ1) is 7.35. The molecule has 0 aromatic heterocycles. The summed E-state index contributed by atoms with van der Waals surface area (Å²) in [6, 6.07) is 8.26. The van der Waals surface area contributed by atoms with Gasteiger partial charge in [0.15, 0.2) is 0 Å². The fraction of sp³-hybridized carbons (Fsp3) is 0.0833. The van der Waals surface area contributed by atoms with E-state index >= 15 is 0 Å². The van der Waals surface area contributed by atoms with Crippen molar-refractivity contribution < 1.29 is 0 Å². The van der Waals surface area contributed by atoms with E-state index in [-0.39, 0.29) is 0 Å². The normalized spacial score (nSPS) is 14.9. The van der Waals surface area contributed by atoms with Crippen LogP contribution in [0.3, 0.4) is 0 Å². The lowest BCUT2D eigenvalue weighted by Gasteiger charge is -2.04. The largest absolute Gasteiger partial charge is 0.0801 e. The molecule has 1 aliphatic rings. The zero-order valence-corrected chi connectivity index (χ0v) is 6.96. The van der Waals surface area contributed by atoms with Crippen LogP contribution in [0.4, 0.5) is 0 Å². The number of hydrogen-bond donors (Lipinski definition) is 0. The predicted molar refractivity (Wildman–Crippen MR) is 52.6 cm³/mol. The van der Waals surface area contributed by atoms with Crippen molar-refractivity contribution in [3.05, 3.63) is 60.5 Å². The number of hydrogen-bond acceptors (Lipinski definition) is 0. The second-order valence-electron chi connectivity index (χ2n) is 2.98. The van der Waals surface area contributed by atoms with Crippen LogP contribution >= 0.6 is 0 Å². The van der Waals surface area contributed by atoms with Gasteiger partial charge in [-0.1, -0.05) is 42.5 Å². The van der Waals surface area contributed by atoms with E-state index in [1.165, 1.54) is 11.1 Å². The third kappa shape index (κ3) is 1.20. The highest BCUT2D eigenvalue weighted by atomic mass is 14.1. The van der Waals surface area contributed by atoms with Crippen molar-refractivity contribution >= 4 is 5.57 Å². The zero-order chi connectivity index (χ0) is 8.39. The molecule has 0 amide bonds. The fourth-order valence-electron chi connectivity index (χ4n) is 1.48. The number of benzene rings is 1. The summed E-state index contributed by atoms with van der Waals surface area (Å²) in [4.78, 5) is 0. The minimum atomic E-state index is 1.05. The molecule has 0 N–H and O–H groups in total. The van der Waals surface area contributed by atoms with Crippen LogP contribution in [0.5, 0.6) is 0 Å². The van der Waals surface area contributed by atoms with E-state index in [4.69, 9.17) is 0 Å². The minimum Gasteiger partial charge on any atom is -0.0801 e. The lowest BCUT2D eigenvalue weighted by Crippen LogP contribution is -1.84. The molecule has 59 valence electrons. The second-order valence-corrected chi connectivity index (χ2v) is 2.98. The van der Waals surface area contributed by atoms with E-state index in [1.807, 2.05) is 6.07 Å².